The molecule has 3 unspecified atom stereocenters. The number of rotatable bonds is 7. The Morgan fingerprint density at radius 2 is 1.75 bits per heavy atom. The summed E-state index contributed by atoms with van der Waals surface area (Å²) in [5.74, 6) is 1.22. The summed E-state index contributed by atoms with van der Waals surface area (Å²) in [5, 5.41) is 6.17. The summed E-state index contributed by atoms with van der Waals surface area (Å²) in [6.45, 7) is 10.8. The van der Waals surface area contributed by atoms with E-state index in [9.17, 15) is 4.79 Å². The van der Waals surface area contributed by atoms with Gasteiger partial charge in [-0.05, 0) is 25.2 Å². The lowest BCUT2D eigenvalue weighted by molar-refractivity contribution is -0.123. The summed E-state index contributed by atoms with van der Waals surface area (Å²) in [5.41, 5.74) is 0. The number of likely N-dealkylation sites (N-methyl/N-ethyl adjacent to an activating group) is 1. The molecule has 3 heteroatoms. The Labute approximate surface area is 100 Å². The Bertz CT molecular complexity index is 204. The molecule has 96 valence electrons. The highest BCUT2D eigenvalue weighted by molar-refractivity contribution is 5.81. The molecular weight excluding hydrogens is 200 g/mol. The molecular formula is C13H28N2O. The fourth-order valence-electron chi connectivity index (χ4n) is 1.73. The zero-order valence-corrected chi connectivity index (χ0v) is 11.6. The van der Waals surface area contributed by atoms with Gasteiger partial charge in [0.05, 0.1) is 6.04 Å². The molecule has 0 saturated carbocycles. The second-order valence-corrected chi connectivity index (χ2v) is 5.14. The topological polar surface area (TPSA) is 41.1 Å². The molecule has 16 heavy (non-hydrogen) atoms. The standard InChI is InChI=1S/C13H28N2O/c1-7-10(4)11(5)15-12(8-9(2)3)13(16)14-6/h9-12,15H,7-8H2,1-6H3,(H,14,16). The predicted molar refractivity (Wildman–Crippen MR) is 69.4 cm³/mol. The van der Waals surface area contributed by atoms with Gasteiger partial charge in [0.1, 0.15) is 0 Å². The highest BCUT2D eigenvalue weighted by atomic mass is 16.2. The van der Waals surface area contributed by atoms with Crippen LogP contribution in [0.1, 0.15) is 47.5 Å². The van der Waals surface area contributed by atoms with Gasteiger partial charge in [0.2, 0.25) is 5.91 Å². The number of hydrogen-bond donors (Lipinski definition) is 2. The van der Waals surface area contributed by atoms with Gasteiger partial charge in [-0.3, -0.25) is 4.79 Å². The minimum absolute atomic E-state index is 0.0611. The van der Waals surface area contributed by atoms with E-state index in [2.05, 4.69) is 45.3 Å². The first-order valence-corrected chi connectivity index (χ1v) is 6.39. The van der Waals surface area contributed by atoms with Crippen molar-refractivity contribution in [1.29, 1.82) is 0 Å². The van der Waals surface area contributed by atoms with Crippen LogP contribution in [0.3, 0.4) is 0 Å². The largest absolute Gasteiger partial charge is 0.358 e. The minimum Gasteiger partial charge on any atom is -0.358 e. The lowest BCUT2D eigenvalue weighted by Gasteiger charge is -2.26. The number of amides is 1. The Balaban J connectivity index is 4.36. The zero-order chi connectivity index (χ0) is 12.7. The van der Waals surface area contributed by atoms with E-state index >= 15 is 0 Å². The Hall–Kier alpha value is -0.570. The van der Waals surface area contributed by atoms with Gasteiger partial charge >= 0.3 is 0 Å². The molecule has 0 bridgehead atoms. The molecule has 0 spiro atoms. The highest BCUT2D eigenvalue weighted by Crippen LogP contribution is 2.11. The van der Waals surface area contributed by atoms with Gasteiger partial charge < -0.3 is 10.6 Å². The third kappa shape index (κ3) is 5.50. The molecule has 0 rings (SSSR count). The van der Waals surface area contributed by atoms with Crippen LogP contribution in [0.4, 0.5) is 0 Å². The first-order chi connectivity index (χ1) is 7.42. The van der Waals surface area contributed by atoms with Gasteiger partial charge in [-0.15, -0.1) is 0 Å². The molecule has 0 radical (unpaired) electrons. The minimum atomic E-state index is -0.0611. The van der Waals surface area contributed by atoms with Gasteiger partial charge in [-0.1, -0.05) is 34.1 Å². The molecule has 0 aromatic rings. The second kappa shape index (κ2) is 7.66. The van der Waals surface area contributed by atoms with Crippen molar-refractivity contribution in [2.45, 2.75) is 59.5 Å². The van der Waals surface area contributed by atoms with E-state index in [4.69, 9.17) is 0 Å². The average Bonchev–Trinajstić information content (AvgIpc) is 2.25. The van der Waals surface area contributed by atoms with Gasteiger partial charge in [0.25, 0.3) is 0 Å². The van der Waals surface area contributed by atoms with Crippen molar-refractivity contribution in [3.05, 3.63) is 0 Å². The number of carbonyl (C=O) groups excluding carboxylic acids is 1. The fourth-order valence-corrected chi connectivity index (χ4v) is 1.73. The average molecular weight is 228 g/mol. The van der Waals surface area contributed by atoms with Crippen molar-refractivity contribution < 1.29 is 4.79 Å². The maximum absolute atomic E-state index is 11.7. The fraction of sp³-hybridized carbons (Fsp3) is 0.923. The van der Waals surface area contributed by atoms with E-state index in [0.29, 0.717) is 17.9 Å². The van der Waals surface area contributed by atoms with Gasteiger partial charge in [0.15, 0.2) is 0 Å². The van der Waals surface area contributed by atoms with E-state index < -0.39 is 0 Å². The summed E-state index contributed by atoms with van der Waals surface area (Å²) < 4.78 is 0. The van der Waals surface area contributed by atoms with Crippen molar-refractivity contribution in [1.82, 2.24) is 10.6 Å². The lowest BCUT2D eigenvalue weighted by atomic mass is 9.97. The van der Waals surface area contributed by atoms with Gasteiger partial charge in [-0.2, -0.15) is 0 Å². The van der Waals surface area contributed by atoms with E-state index in [1.807, 2.05) is 0 Å². The molecule has 0 fully saturated rings. The van der Waals surface area contributed by atoms with E-state index in [0.717, 1.165) is 12.8 Å². The van der Waals surface area contributed by atoms with Crippen molar-refractivity contribution in [3.8, 4) is 0 Å². The van der Waals surface area contributed by atoms with Crippen LogP contribution in [0.5, 0.6) is 0 Å². The molecule has 0 heterocycles. The summed E-state index contributed by atoms with van der Waals surface area (Å²) in [4.78, 5) is 11.7. The molecule has 3 nitrogen and oxygen atoms in total. The van der Waals surface area contributed by atoms with Crippen molar-refractivity contribution in [2.75, 3.05) is 7.05 Å². The summed E-state index contributed by atoms with van der Waals surface area (Å²) in [6, 6.07) is 0.319. The van der Waals surface area contributed by atoms with E-state index in [1.54, 1.807) is 7.05 Å². The maximum atomic E-state index is 11.7. The van der Waals surface area contributed by atoms with Gasteiger partial charge in [0, 0.05) is 13.1 Å². The Morgan fingerprint density at radius 1 is 1.19 bits per heavy atom. The number of hydrogen-bond acceptors (Lipinski definition) is 2. The highest BCUT2D eigenvalue weighted by Gasteiger charge is 2.22. The smallest absolute Gasteiger partial charge is 0.236 e. The number of carbonyl (C=O) groups is 1. The first kappa shape index (κ1) is 15.4. The molecule has 1 amide bonds. The van der Waals surface area contributed by atoms with Crippen molar-refractivity contribution in [2.24, 2.45) is 11.8 Å². The quantitative estimate of drug-likeness (QED) is 0.701. The third-order valence-electron chi connectivity index (χ3n) is 3.23. The SMILES string of the molecule is CCC(C)C(C)NC(CC(C)C)C(=O)NC. The second-order valence-electron chi connectivity index (χ2n) is 5.14. The third-order valence-corrected chi connectivity index (χ3v) is 3.23. The first-order valence-electron chi connectivity index (χ1n) is 6.39. The molecule has 0 aliphatic heterocycles. The predicted octanol–water partition coefficient (Wildman–Crippen LogP) is 2.17. The van der Waals surface area contributed by atoms with E-state index in [-0.39, 0.29) is 11.9 Å². The van der Waals surface area contributed by atoms with Crippen LogP contribution >= 0.6 is 0 Å². The lowest BCUT2D eigenvalue weighted by Crippen LogP contribution is -2.49. The van der Waals surface area contributed by atoms with Crippen LogP contribution in [0.2, 0.25) is 0 Å². The van der Waals surface area contributed by atoms with Crippen molar-refractivity contribution >= 4 is 5.91 Å². The summed E-state index contributed by atoms with van der Waals surface area (Å²) >= 11 is 0. The van der Waals surface area contributed by atoms with Crippen LogP contribution in [0.25, 0.3) is 0 Å². The summed E-state index contributed by atoms with van der Waals surface area (Å²) in [7, 11) is 1.70. The molecule has 3 atom stereocenters. The Kier molecular flexibility index (Phi) is 7.39. The van der Waals surface area contributed by atoms with Gasteiger partial charge in [-0.25, -0.2) is 0 Å². The summed E-state index contributed by atoms with van der Waals surface area (Å²) in [6.07, 6.45) is 2.02. The zero-order valence-electron chi connectivity index (χ0n) is 11.6. The van der Waals surface area contributed by atoms with Crippen LogP contribution in [0.15, 0.2) is 0 Å². The van der Waals surface area contributed by atoms with Crippen LogP contribution in [0, 0.1) is 11.8 Å². The number of nitrogens with one attached hydrogen (secondary N) is 2. The molecule has 0 aliphatic rings. The van der Waals surface area contributed by atoms with Crippen LogP contribution < -0.4 is 10.6 Å². The molecule has 0 aromatic carbocycles. The monoisotopic (exact) mass is 228 g/mol. The molecule has 0 aromatic heterocycles. The normalized spacial score (nSPS) is 16.9. The van der Waals surface area contributed by atoms with Crippen LogP contribution in [-0.4, -0.2) is 25.0 Å². The molecule has 2 N–H and O–H groups in total. The molecule has 0 aliphatic carbocycles. The van der Waals surface area contributed by atoms with E-state index in [1.165, 1.54) is 0 Å². The van der Waals surface area contributed by atoms with Crippen LogP contribution in [-0.2, 0) is 4.79 Å². The van der Waals surface area contributed by atoms with Crippen molar-refractivity contribution in [3.63, 3.8) is 0 Å². The Morgan fingerprint density at radius 3 is 2.12 bits per heavy atom. The molecule has 0 saturated heterocycles. The maximum Gasteiger partial charge on any atom is 0.236 e.